The van der Waals surface area contributed by atoms with Crippen LogP contribution in [0.1, 0.15) is 27.2 Å². The summed E-state index contributed by atoms with van der Waals surface area (Å²) in [4.78, 5) is 10.6. The lowest BCUT2D eigenvalue weighted by atomic mass is 9.94. The third-order valence-corrected chi connectivity index (χ3v) is 2.88. The lowest BCUT2D eigenvalue weighted by Gasteiger charge is -2.26. The quantitative estimate of drug-likeness (QED) is 0.346. The molecule has 0 aliphatic rings. The molecular weight excluding hydrogens is 260 g/mol. The molecule has 0 aliphatic heterocycles. The fourth-order valence-corrected chi connectivity index (χ4v) is 2.24. The number of hydrazine groups is 1. The Labute approximate surface area is 118 Å². The fraction of sp³-hybridized carbons (Fsp3) is 0.538. The first-order valence-electron chi connectivity index (χ1n) is 6.47. The molecule has 0 aliphatic carbocycles. The summed E-state index contributed by atoms with van der Waals surface area (Å²) < 4.78 is 0. The summed E-state index contributed by atoms with van der Waals surface area (Å²) in [5.41, 5.74) is 1.79. The molecule has 1 aromatic rings. The largest absolute Gasteiger partial charge is 0.388 e. The van der Waals surface area contributed by atoms with Gasteiger partial charge in [-0.05, 0) is 31.4 Å². The number of nitrogens with zero attached hydrogens (tertiary/aromatic N) is 1. The average molecular weight is 282 g/mol. The van der Waals surface area contributed by atoms with Crippen LogP contribution >= 0.6 is 0 Å². The van der Waals surface area contributed by atoms with Gasteiger partial charge in [-0.3, -0.25) is 16.0 Å². The molecule has 5 N–H and O–H groups in total. The highest BCUT2D eigenvalue weighted by atomic mass is 16.6. The van der Waals surface area contributed by atoms with Gasteiger partial charge in [-0.25, -0.2) is 0 Å². The number of nitrogens with one attached hydrogen (secondary N) is 2. The Morgan fingerprint density at radius 2 is 2.05 bits per heavy atom. The van der Waals surface area contributed by atoms with Crippen LogP contribution in [0.25, 0.3) is 0 Å². The van der Waals surface area contributed by atoms with E-state index in [-0.39, 0.29) is 17.9 Å². The lowest BCUT2D eigenvalue weighted by molar-refractivity contribution is -0.383. The molecule has 0 saturated carbocycles. The molecule has 0 radical (unpaired) electrons. The molecule has 1 atom stereocenters. The summed E-state index contributed by atoms with van der Waals surface area (Å²) in [7, 11) is 0. The first-order valence-corrected chi connectivity index (χ1v) is 6.47. The maximum Gasteiger partial charge on any atom is 0.316 e. The third kappa shape index (κ3) is 4.36. The van der Waals surface area contributed by atoms with Gasteiger partial charge in [-0.1, -0.05) is 19.9 Å². The molecule has 7 heteroatoms. The number of hydrogen-bond donors (Lipinski definition) is 4. The second-order valence-electron chi connectivity index (χ2n) is 5.55. The minimum atomic E-state index is -0.936. The van der Waals surface area contributed by atoms with E-state index in [1.54, 1.807) is 19.1 Å². The van der Waals surface area contributed by atoms with Crippen LogP contribution in [0.15, 0.2) is 18.2 Å². The van der Waals surface area contributed by atoms with Gasteiger partial charge in [0.1, 0.15) is 11.4 Å². The van der Waals surface area contributed by atoms with E-state index in [0.29, 0.717) is 18.0 Å². The molecule has 7 nitrogen and oxygen atoms in total. The van der Waals surface area contributed by atoms with Crippen molar-refractivity contribution in [1.29, 1.82) is 0 Å². The number of nitro groups is 1. The Kier molecular flexibility index (Phi) is 5.29. The minimum absolute atomic E-state index is 0.129. The van der Waals surface area contributed by atoms with Crippen molar-refractivity contribution in [2.24, 2.45) is 11.8 Å². The van der Waals surface area contributed by atoms with Crippen molar-refractivity contribution in [2.75, 3.05) is 17.3 Å². The number of benzene rings is 1. The van der Waals surface area contributed by atoms with Gasteiger partial charge in [-0.15, -0.1) is 0 Å². The van der Waals surface area contributed by atoms with E-state index in [0.717, 1.165) is 0 Å². The van der Waals surface area contributed by atoms with E-state index >= 15 is 0 Å². The van der Waals surface area contributed by atoms with Gasteiger partial charge >= 0.3 is 5.69 Å². The molecule has 0 fully saturated rings. The summed E-state index contributed by atoms with van der Waals surface area (Å²) in [6.07, 6.45) is 0.600. The van der Waals surface area contributed by atoms with Gasteiger partial charge in [0.25, 0.3) is 0 Å². The lowest BCUT2D eigenvalue weighted by Crippen LogP contribution is -2.35. The van der Waals surface area contributed by atoms with Gasteiger partial charge in [-0.2, -0.15) is 0 Å². The van der Waals surface area contributed by atoms with Gasteiger partial charge in [0, 0.05) is 6.54 Å². The molecule has 0 bridgehead atoms. The van der Waals surface area contributed by atoms with Gasteiger partial charge in [0.05, 0.1) is 10.5 Å². The number of aliphatic hydroxyl groups is 1. The van der Waals surface area contributed by atoms with Crippen LogP contribution in [0.4, 0.5) is 17.1 Å². The zero-order valence-corrected chi connectivity index (χ0v) is 12.0. The number of para-hydroxylation sites is 1. The highest BCUT2D eigenvalue weighted by molar-refractivity contribution is 5.75. The first-order chi connectivity index (χ1) is 9.26. The number of rotatable bonds is 7. The molecule has 20 heavy (non-hydrogen) atoms. The van der Waals surface area contributed by atoms with Crippen molar-refractivity contribution >= 4 is 17.1 Å². The zero-order valence-electron chi connectivity index (χ0n) is 12.0. The maximum absolute atomic E-state index is 11.1. The van der Waals surface area contributed by atoms with Crippen LogP contribution in [0.5, 0.6) is 0 Å². The molecular formula is C13H22N4O3. The number of nitro benzene ring substituents is 1. The monoisotopic (exact) mass is 282 g/mol. The Bertz CT molecular complexity index is 475. The predicted octanol–water partition coefficient (Wildman–Crippen LogP) is 2.09. The zero-order chi connectivity index (χ0) is 15.3. The smallest absolute Gasteiger partial charge is 0.316 e. The topological polar surface area (TPSA) is 113 Å². The van der Waals surface area contributed by atoms with Crippen molar-refractivity contribution in [3.63, 3.8) is 0 Å². The van der Waals surface area contributed by atoms with Crippen molar-refractivity contribution < 1.29 is 10.0 Å². The molecule has 0 amide bonds. The second-order valence-corrected chi connectivity index (χ2v) is 5.55. The van der Waals surface area contributed by atoms with E-state index < -0.39 is 10.5 Å². The van der Waals surface area contributed by atoms with Crippen LogP contribution in [0.3, 0.4) is 0 Å². The fourth-order valence-electron chi connectivity index (χ4n) is 2.24. The Morgan fingerprint density at radius 3 is 2.55 bits per heavy atom. The van der Waals surface area contributed by atoms with E-state index in [1.165, 1.54) is 6.07 Å². The molecule has 1 rings (SSSR count). The summed E-state index contributed by atoms with van der Waals surface area (Å²) in [5.74, 6) is 5.61. The summed E-state index contributed by atoms with van der Waals surface area (Å²) in [6, 6.07) is 4.77. The van der Waals surface area contributed by atoms with Crippen molar-refractivity contribution in [3.8, 4) is 0 Å². The van der Waals surface area contributed by atoms with Crippen LogP contribution in [0, 0.1) is 16.0 Å². The molecule has 0 heterocycles. The van der Waals surface area contributed by atoms with Crippen LogP contribution in [0.2, 0.25) is 0 Å². The Hall–Kier alpha value is -1.86. The maximum atomic E-state index is 11.1. The highest BCUT2D eigenvalue weighted by Crippen LogP contribution is 2.32. The molecule has 112 valence electrons. The normalized spacial score (nSPS) is 13.9. The summed E-state index contributed by atoms with van der Waals surface area (Å²) >= 11 is 0. The number of hydrogen-bond acceptors (Lipinski definition) is 6. The van der Waals surface area contributed by atoms with E-state index in [4.69, 9.17) is 5.84 Å². The van der Waals surface area contributed by atoms with Crippen molar-refractivity contribution in [1.82, 2.24) is 0 Å². The summed E-state index contributed by atoms with van der Waals surface area (Å²) in [5, 5.41) is 24.3. The summed E-state index contributed by atoms with van der Waals surface area (Å²) in [6.45, 7) is 5.95. The number of nitrogen functional groups attached to an aromatic ring is 1. The van der Waals surface area contributed by atoms with Crippen molar-refractivity contribution in [2.45, 2.75) is 32.8 Å². The van der Waals surface area contributed by atoms with Crippen molar-refractivity contribution in [3.05, 3.63) is 28.3 Å². The second kappa shape index (κ2) is 6.53. The first kappa shape index (κ1) is 16.2. The predicted molar refractivity (Wildman–Crippen MR) is 79.5 cm³/mol. The van der Waals surface area contributed by atoms with Crippen LogP contribution < -0.4 is 16.6 Å². The SMILES string of the molecule is CC(C)CC(C)(O)CNc1cccc(NN)c1[N+](=O)[O-]. The standard InChI is InChI=1S/C13H22N4O3/c1-9(2)7-13(3,18)8-15-10-5-4-6-11(16-14)12(10)17(19)20/h4-6,9,15-16,18H,7-8,14H2,1-3H3. The molecule has 0 aromatic heterocycles. The van der Waals surface area contributed by atoms with Gasteiger partial charge in [0.15, 0.2) is 0 Å². The Balaban J connectivity index is 2.90. The van der Waals surface area contributed by atoms with E-state index in [9.17, 15) is 15.2 Å². The van der Waals surface area contributed by atoms with Crippen LogP contribution in [-0.4, -0.2) is 22.2 Å². The van der Waals surface area contributed by atoms with Gasteiger partial charge in [0.2, 0.25) is 0 Å². The minimum Gasteiger partial charge on any atom is -0.388 e. The van der Waals surface area contributed by atoms with Crippen LogP contribution in [-0.2, 0) is 0 Å². The molecule has 1 aromatic carbocycles. The molecule has 0 spiro atoms. The van der Waals surface area contributed by atoms with E-state index in [1.807, 2.05) is 13.8 Å². The highest BCUT2D eigenvalue weighted by Gasteiger charge is 2.24. The average Bonchev–Trinajstić information content (AvgIpc) is 2.34. The van der Waals surface area contributed by atoms with Gasteiger partial charge < -0.3 is 15.8 Å². The molecule has 0 saturated heterocycles. The van der Waals surface area contributed by atoms with E-state index in [2.05, 4.69) is 10.7 Å². The third-order valence-electron chi connectivity index (χ3n) is 2.88. The molecule has 1 unspecified atom stereocenters. The number of anilines is 2. The number of nitrogens with two attached hydrogens (primary N) is 1. The Morgan fingerprint density at radius 1 is 1.45 bits per heavy atom.